The lowest BCUT2D eigenvalue weighted by Crippen LogP contribution is -2.32. The highest BCUT2D eigenvalue weighted by Crippen LogP contribution is 2.19. The fourth-order valence-corrected chi connectivity index (χ4v) is 2.81. The van der Waals surface area contributed by atoms with Crippen molar-refractivity contribution in [1.82, 2.24) is 9.47 Å². The first-order valence-electron chi connectivity index (χ1n) is 7.90. The Bertz CT molecular complexity index is 478. The first-order valence-corrected chi connectivity index (χ1v) is 7.90. The molecule has 0 unspecified atom stereocenters. The Hall–Kier alpha value is -1.09. The molecule has 2 heterocycles. The van der Waals surface area contributed by atoms with Gasteiger partial charge >= 0.3 is 0 Å². The van der Waals surface area contributed by atoms with Crippen LogP contribution in [0.4, 0.5) is 0 Å². The Kier molecular flexibility index (Phi) is 5.03. The number of piperidine rings is 1. The average Bonchev–Trinajstić information content (AvgIpc) is 2.40. The van der Waals surface area contributed by atoms with E-state index < -0.39 is 0 Å². The number of aromatic nitrogens is 1. The van der Waals surface area contributed by atoms with Crippen LogP contribution in [-0.4, -0.2) is 29.1 Å². The van der Waals surface area contributed by atoms with Gasteiger partial charge in [-0.25, -0.2) is 0 Å². The lowest BCUT2D eigenvalue weighted by molar-refractivity contribution is 0.222. The zero-order valence-electron chi connectivity index (χ0n) is 13.2. The summed E-state index contributed by atoms with van der Waals surface area (Å²) in [6, 6.07) is 3.88. The van der Waals surface area contributed by atoms with Crippen LogP contribution in [0, 0.1) is 0 Å². The van der Waals surface area contributed by atoms with Gasteiger partial charge in [-0.2, -0.15) is 0 Å². The summed E-state index contributed by atoms with van der Waals surface area (Å²) in [7, 11) is 0. The van der Waals surface area contributed by atoms with Crippen molar-refractivity contribution in [2.24, 2.45) is 0 Å². The molecule has 0 bridgehead atoms. The molecule has 0 spiro atoms. The molecule has 3 nitrogen and oxygen atoms in total. The maximum Gasteiger partial charge on any atom is 0.250 e. The predicted molar refractivity (Wildman–Crippen MR) is 84.3 cm³/mol. The fraction of sp³-hybridized carbons (Fsp3) is 0.706. The number of nitrogens with zero attached hydrogens (tertiary/aromatic N) is 2. The van der Waals surface area contributed by atoms with Crippen LogP contribution in [-0.2, 0) is 12.0 Å². The van der Waals surface area contributed by atoms with Gasteiger partial charge < -0.3 is 9.47 Å². The summed E-state index contributed by atoms with van der Waals surface area (Å²) in [5, 5.41) is 0. The van der Waals surface area contributed by atoms with Crippen LogP contribution >= 0.6 is 0 Å². The zero-order chi connectivity index (χ0) is 14.6. The van der Waals surface area contributed by atoms with E-state index >= 15 is 0 Å². The standard InChI is InChI=1S/C17H28N2O/c1-17(2,3)15-8-13-19(16(20)14-15)12-7-11-18-9-5-4-6-10-18/h8,13-14H,4-7,9-12H2,1-3H3. The molecular formula is C17H28N2O. The van der Waals surface area contributed by atoms with Gasteiger partial charge in [-0.15, -0.1) is 0 Å². The maximum atomic E-state index is 12.1. The van der Waals surface area contributed by atoms with Gasteiger partial charge in [0, 0.05) is 18.8 Å². The molecule has 0 saturated carbocycles. The summed E-state index contributed by atoms with van der Waals surface area (Å²) < 4.78 is 1.85. The highest BCUT2D eigenvalue weighted by atomic mass is 16.1. The third-order valence-corrected chi connectivity index (χ3v) is 4.18. The molecule has 1 aliphatic rings. The molecule has 112 valence electrons. The van der Waals surface area contributed by atoms with E-state index in [1.54, 1.807) is 6.07 Å². The van der Waals surface area contributed by atoms with E-state index in [2.05, 4.69) is 31.7 Å². The van der Waals surface area contributed by atoms with Gasteiger partial charge in [0.15, 0.2) is 0 Å². The van der Waals surface area contributed by atoms with E-state index in [0.717, 1.165) is 25.1 Å². The quantitative estimate of drug-likeness (QED) is 0.844. The third-order valence-electron chi connectivity index (χ3n) is 4.18. The Morgan fingerprint density at radius 1 is 1.10 bits per heavy atom. The molecule has 3 heteroatoms. The molecule has 1 aromatic rings. The summed E-state index contributed by atoms with van der Waals surface area (Å²) in [4.78, 5) is 14.6. The van der Waals surface area contributed by atoms with E-state index in [0.29, 0.717) is 0 Å². The molecule has 0 aliphatic carbocycles. The predicted octanol–water partition coefficient (Wildman–Crippen LogP) is 3.02. The fourth-order valence-electron chi connectivity index (χ4n) is 2.81. The molecule has 20 heavy (non-hydrogen) atoms. The zero-order valence-corrected chi connectivity index (χ0v) is 13.2. The summed E-state index contributed by atoms with van der Waals surface area (Å²) >= 11 is 0. The summed E-state index contributed by atoms with van der Waals surface area (Å²) in [5.74, 6) is 0. The van der Waals surface area contributed by atoms with Gasteiger partial charge in [0.25, 0.3) is 5.56 Å². The minimum absolute atomic E-state index is 0.0477. The largest absolute Gasteiger partial charge is 0.315 e. The molecule has 0 radical (unpaired) electrons. The minimum Gasteiger partial charge on any atom is -0.315 e. The van der Waals surface area contributed by atoms with Crippen molar-refractivity contribution in [3.8, 4) is 0 Å². The lowest BCUT2D eigenvalue weighted by atomic mass is 9.88. The maximum absolute atomic E-state index is 12.1. The van der Waals surface area contributed by atoms with Crippen molar-refractivity contribution in [2.45, 2.75) is 58.4 Å². The average molecular weight is 276 g/mol. The Morgan fingerprint density at radius 3 is 2.40 bits per heavy atom. The molecular weight excluding hydrogens is 248 g/mol. The van der Waals surface area contributed by atoms with Crippen molar-refractivity contribution in [3.63, 3.8) is 0 Å². The van der Waals surface area contributed by atoms with Gasteiger partial charge in [0.2, 0.25) is 0 Å². The van der Waals surface area contributed by atoms with Gasteiger partial charge in [0.05, 0.1) is 0 Å². The summed E-state index contributed by atoms with van der Waals surface area (Å²) in [6.45, 7) is 10.8. The van der Waals surface area contributed by atoms with Crippen molar-refractivity contribution < 1.29 is 0 Å². The van der Waals surface area contributed by atoms with Crippen molar-refractivity contribution in [1.29, 1.82) is 0 Å². The van der Waals surface area contributed by atoms with E-state index in [4.69, 9.17) is 0 Å². The van der Waals surface area contributed by atoms with Crippen molar-refractivity contribution in [2.75, 3.05) is 19.6 Å². The normalized spacial score (nSPS) is 17.4. The number of aryl methyl sites for hydroxylation is 1. The monoisotopic (exact) mass is 276 g/mol. The number of rotatable bonds is 4. The highest BCUT2D eigenvalue weighted by molar-refractivity contribution is 5.19. The molecule has 0 N–H and O–H groups in total. The first-order chi connectivity index (χ1) is 9.47. The minimum atomic E-state index is 0.0477. The molecule has 1 saturated heterocycles. The summed E-state index contributed by atoms with van der Waals surface area (Å²) in [5.41, 5.74) is 1.30. The Labute approximate surface area is 122 Å². The number of hydrogen-bond donors (Lipinski definition) is 0. The van der Waals surface area contributed by atoms with E-state index in [1.807, 2.05) is 10.8 Å². The van der Waals surface area contributed by atoms with Crippen LogP contribution in [0.5, 0.6) is 0 Å². The van der Waals surface area contributed by atoms with Crippen LogP contribution in [0.25, 0.3) is 0 Å². The van der Waals surface area contributed by atoms with Gasteiger partial charge in [-0.3, -0.25) is 4.79 Å². The second-order valence-electron chi connectivity index (χ2n) is 6.95. The van der Waals surface area contributed by atoms with E-state index in [9.17, 15) is 4.79 Å². The van der Waals surface area contributed by atoms with Crippen LogP contribution in [0.15, 0.2) is 23.1 Å². The van der Waals surface area contributed by atoms with Gasteiger partial charge in [0.1, 0.15) is 0 Å². The van der Waals surface area contributed by atoms with E-state index in [-0.39, 0.29) is 11.0 Å². The molecule has 1 aromatic heterocycles. The third kappa shape index (κ3) is 4.20. The summed E-state index contributed by atoms with van der Waals surface area (Å²) in [6.07, 6.45) is 7.07. The molecule has 1 aliphatic heterocycles. The lowest BCUT2D eigenvalue weighted by Gasteiger charge is -2.26. The van der Waals surface area contributed by atoms with Crippen LogP contribution in [0.1, 0.15) is 52.0 Å². The topological polar surface area (TPSA) is 25.2 Å². The SMILES string of the molecule is CC(C)(C)c1ccn(CCCN2CCCCC2)c(=O)c1. The molecule has 0 amide bonds. The molecule has 0 aromatic carbocycles. The number of likely N-dealkylation sites (tertiary alicyclic amines) is 1. The second-order valence-corrected chi connectivity index (χ2v) is 6.95. The Balaban J connectivity index is 1.88. The van der Waals surface area contributed by atoms with E-state index in [1.165, 1.54) is 32.4 Å². The number of pyridine rings is 1. The number of hydrogen-bond acceptors (Lipinski definition) is 2. The van der Waals surface area contributed by atoms with Crippen molar-refractivity contribution in [3.05, 3.63) is 34.2 Å². The van der Waals surface area contributed by atoms with Crippen LogP contribution in [0.3, 0.4) is 0 Å². The smallest absolute Gasteiger partial charge is 0.250 e. The van der Waals surface area contributed by atoms with Gasteiger partial charge in [-0.1, -0.05) is 27.2 Å². The second kappa shape index (κ2) is 6.57. The molecule has 0 atom stereocenters. The Morgan fingerprint density at radius 2 is 1.80 bits per heavy atom. The van der Waals surface area contributed by atoms with Crippen molar-refractivity contribution >= 4 is 0 Å². The van der Waals surface area contributed by atoms with Crippen LogP contribution in [0.2, 0.25) is 0 Å². The molecule has 2 rings (SSSR count). The molecule has 1 fully saturated rings. The van der Waals surface area contributed by atoms with Gasteiger partial charge in [-0.05, 0) is 55.9 Å². The highest BCUT2D eigenvalue weighted by Gasteiger charge is 2.14. The first kappa shape index (κ1) is 15.3. The van der Waals surface area contributed by atoms with Crippen LogP contribution < -0.4 is 5.56 Å².